The molecular formula is C17H17BrN2O5S. The molecule has 0 atom stereocenters. The summed E-state index contributed by atoms with van der Waals surface area (Å²) in [4.78, 5) is 12.3. The molecular weight excluding hydrogens is 424 g/mol. The number of sulfonamides is 1. The molecule has 0 saturated heterocycles. The van der Waals surface area contributed by atoms with Gasteiger partial charge in [-0.3, -0.25) is 9.10 Å². The molecule has 0 unspecified atom stereocenters. The van der Waals surface area contributed by atoms with Crippen molar-refractivity contribution in [2.75, 3.05) is 23.9 Å². The summed E-state index contributed by atoms with van der Waals surface area (Å²) in [7, 11) is -3.60. The van der Waals surface area contributed by atoms with E-state index < -0.39 is 15.9 Å². The van der Waals surface area contributed by atoms with E-state index in [4.69, 9.17) is 9.47 Å². The Kier molecular flexibility index (Phi) is 5.38. The zero-order valence-electron chi connectivity index (χ0n) is 13.9. The molecule has 1 N–H and O–H groups in total. The third-order valence-corrected chi connectivity index (χ3v) is 5.40. The maximum absolute atomic E-state index is 12.3. The van der Waals surface area contributed by atoms with Crippen LogP contribution in [0.25, 0.3) is 0 Å². The summed E-state index contributed by atoms with van der Waals surface area (Å²) in [6.45, 7) is 0.139. The molecule has 138 valence electrons. The summed E-state index contributed by atoms with van der Waals surface area (Å²) in [6.07, 6.45) is 1.07. The van der Waals surface area contributed by atoms with Crippen LogP contribution in [0.5, 0.6) is 11.5 Å². The maximum atomic E-state index is 12.3. The number of anilines is 1. The Morgan fingerprint density at radius 1 is 1.15 bits per heavy atom. The van der Waals surface area contributed by atoms with E-state index >= 15 is 0 Å². The summed E-state index contributed by atoms with van der Waals surface area (Å²) in [5.41, 5.74) is 1.26. The first-order chi connectivity index (χ1) is 12.3. The van der Waals surface area contributed by atoms with E-state index in [9.17, 15) is 13.2 Å². The molecule has 0 spiro atoms. The van der Waals surface area contributed by atoms with Crippen LogP contribution in [0.15, 0.2) is 46.9 Å². The number of halogens is 1. The first kappa shape index (κ1) is 18.5. The Morgan fingerprint density at radius 3 is 2.54 bits per heavy atom. The lowest BCUT2D eigenvalue weighted by Crippen LogP contribution is -2.40. The number of fused-ring (bicyclic) bond motifs is 1. The molecule has 2 aromatic carbocycles. The van der Waals surface area contributed by atoms with Gasteiger partial charge in [-0.25, -0.2) is 8.42 Å². The summed E-state index contributed by atoms with van der Waals surface area (Å²) >= 11 is 3.30. The highest BCUT2D eigenvalue weighted by molar-refractivity contribution is 9.10. The zero-order valence-corrected chi connectivity index (χ0v) is 16.3. The van der Waals surface area contributed by atoms with Crippen LogP contribution in [-0.2, 0) is 21.4 Å². The van der Waals surface area contributed by atoms with Gasteiger partial charge in [0.25, 0.3) is 0 Å². The number of hydrogen-bond donors (Lipinski definition) is 1. The zero-order chi connectivity index (χ0) is 18.7. The molecule has 0 radical (unpaired) electrons. The second-order valence-electron chi connectivity index (χ2n) is 5.71. The lowest BCUT2D eigenvalue weighted by atomic mass is 10.2. The van der Waals surface area contributed by atoms with Crippen LogP contribution >= 0.6 is 15.9 Å². The van der Waals surface area contributed by atoms with E-state index in [1.165, 1.54) is 0 Å². The molecule has 1 heterocycles. The molecule has 0 aliphatic carbocycles. The van der Waals surface area contributed by atoms with Crippen molar-refractivity contribution in [3.05, 3.63) is 52.5 Å². The fourth-order valence-corrected chi connectivity index (χ4v) is 3.57. The monoisotopic (exact) mass is 440 g/mol. The largest absolute Gasteiger partial charge is 0.454 e. The van der Waals surface area contributed by atoms with Gasteiger partial charge in [0, 0.05) is 11.0 Å². The third-order valence-electron chi connectivity index (χ3n) is 3.73. The Hall–Kier alpha value is -2.26. The highest BCUT2D eigenvalue weighted by atomic mass is 79.9. The van der Waals surface area contributed by atoms with Gasteiger partial charge in [0.05, 0.1) is 11.9 Å². The quantitative estimate of drug-likeness (QED) is 0.744. The van der Waals surface area contributed by atoms with Gasteiger partial charge in [-0.15, -0.1) is 0 Å². The number of nitrogens with one attached hydrogen (secondary N) is 1. The van der Waals surface area contributed by atoms with Crippen molar-refractivity contribution in [3.8, 4) is 11.5 Å². The number of carbonyl (C=O) groups is 1. The number of rotatable bonds is 6. The minimum Gasteiger partial charge on any atom is -0.454 e. The molecule has 0 saturated carbocycles. The van der Waals surface area contributed by atoms with Gasteiger partial charge in [-0.1, -0.05) is 22.0 Å². The Morgan fingerprint density at radius 2 is 1.85 bits per heavy atom. The van der Waals surface area contributed by atoms with Crippen LogP contribution in [0.3, 0.4) is 0 Å². The molecule has 2 aromatic rings. The van der Waals surface area contributed by atoms with E-state index in [0.717, 1.165) is 20.6 Å². The summed E-state index contributed by atoms with van der Waals surface area (Å²) in [5.74, 6) is 0.888. The van der Waals surface area contributed by atoms with Crippen molar-refractivity contribution in [2.24, 2.45) is 0 Å². The van der Waals surface area contributed by atoms with E-state index in [1.807, 2.05) is 6.07 Å². The SMILES string of the molecule is CS(=O)(=O)N(CC(=O)NCc1ccc2c(c1)OCO2)c1ccc(Br)cc1. The maximum Gasteiger partial charge on any atom is 0.241 e. The van der Waals surface area contributed by atoms with Crippen LogP contribution < -0.4 is 19.1 Å². The van der Waals surface area contributed by atoms with Crippen molar-refractivity contribution in [1.82, 2.24) is 5.32 Å². The average molecular weight is 441 g/mol. The number of hydrogen-bond acceptors (Lipinski definition) is 5. The number of benzene rings is 2. The summed E-state index contributed by atoms with van der Waals surface area (Å²) in [6, 6.07) is 12.1. The van der Waals surface area contributed by atoms with Gasteiger partial charge in [0.1, 0.15) is 6.54 Å². The van der Waals surface area contributed by atoms with Crippen LogP contribution in [0, 0.1) is 0 Å². The lowest BCUT2D eigenvalue weighted by Gasteiger charge is -2.22. The number of ether oxygens (including phenoxy) is 2. The first-order valence-electron chi connectivity index (χ1n) is 7.71. The van der Waals surface area contributed by atoms with Crippen LogP contribution in [0.2, 0.25) is 0 Å². The fourth-order valence-electron chi connectivity index (χ4n) is 2.45. The van der Waals surface area contributed by atoms with Gasteiger partial charge < -0.3 is 14.8 Å². The predicted octanol–water partition coefficient (Wildman–Crippen LogP) is 2.26. The normalized spacial score (nSPS) is 12.7. The van der Waals surface area contributed by atoms with Gasteiger partial charge in [-0.2, -0.15) is 0 Å². The first-order valence-corrected chi connectivity index (χ1v) is 10.4. The minimum absolute atomic E-state index is 0.182. The molecule has 0 fully saturated rings. The highest BCUT2D eigenvalue weighted by Gasteiger charge is 2.21. The Bertz CT molecular complexity index is 915. The molecule has 0 bridgehead atoms. The number of carbonyl (C=O) groups excluding carboxylic acids is 1. The molecule has 1 amide bonds. The molecule has 9 heteroatoms. The number of nitrogens with zero attached hydrogens (tertiary/aromatic N) is 1. The summed E-state index contributed by atoms with van der Waals surface area (Å²) in [5, 5.41) is 2.72. The van der Waals surface area contributed by atoms with Crippen molar-refractivity contribution < 1.29 is 22.7 Å². The van der Waals surface area contributed by atoms with E-state index in [-0.39, 0.29) is 19.9 Å². The summed E-state index contributed by atoms with van der Waals surface area (Å²) < 4.78 is 36.5. The van der Waals surface area contributed by atoms with Gasteiger partial charge in [0.15, 0.2) is 11.5 Å². The van der Waals surface area contributed by atoms with Crippen molar-refractivity contribution in [3.63, 3.8) is 0 Å². The van der Waals surface area contributed by atoms with Gasteiger partial charge >= 0.3 is 0 Å². The van der Waals surface area contributed by atoms with E-state index in [2.05, 4.69) is 21.2 Å². The molecule has 0 aromatic heterocycles. The average Bonchev–Trinajstić information content (AvgIpc) is 3.05. The predicted molar refractivity (Wildman–Crippen MR) is 101 cm³/mol. The molecule has 1 aliphatic rings. The molecule has 1 aliphatic heterocycles. The lowest BCUT2D eigenvalue weighted by molar-refractivity contribution is -0.119. The Balaban J connectivity index is 1.65. The topological polar surface area (TPSA) is 84.9 Å². The smallest absolute Gasteiger partial charge is 0.241 e. The van der Waals surface area contributed by atoms with E-state index in [0.29, 0.717) is 17.2 Å². The Labute approximate surface area is 160 Å². The van der Waals surface area contributed by atoms with Crippen molar-refractivity contribution >= 4 is 37.5 Å². The van der Waals surface area contributed by atoms with Crippen LogP contribution in [0.1, 0.15) is 5.56 Å². The molecule has 3 rings (SSSR count). The van der Waals surface area contributed by atoms with Gasteiger partial charge in [0.2, 0.25) is 22.7 Å². The molecule has 26 heavy (non-hydrogen) atoms. The van der Waals surface area contributed by atoms with Crippen molar-refractivity contribution in [1.29, 1.82) is 0 Å². The van der Waals surface area contributed by atoms with E-state index in [1.54, 1.807) is 36.4 Å². The van der Waals surface area contributed by atoms with Crippen LogP contribution in [-0.4, -0.2) is 33.9 Å². The number of amides is 1. The fraction of sp³-hybridized carbons (Fsp3) is 0.235. The van der Waals surface area contributed by atoms with Crippen LogP contribution in [0.4, 0.5) is 5.69 Å². The highest BCUT2D eigenvalue weighted by Crippen LogP contribution is 2.32. The van der Waals surface area contributed by atoms with Gasteiger partial charge in [-0.05, 0) is 42.0 Å². The molecule has 7 nitrogen and oxygen atoms in total. The standard InChI is InChI=1S/C17H17BrN2O5S/c1-26(22,23)20(14-5-3-13(18)4-6-14)10-17(21)19-9-12-2-7-15-16(8-12)25-11-24-15/h2-8H,9-11H2,1H3,(H,19,21). The van der Waals surface area contributed by atoms with Crippen molar-refractivity contribution in [2.45, 2.75) is 6.54 Å². The second-order valence-corrected chi connectivity index (χ2v) is 8.53. The minimum atomic E-state index is -3.60. The third kappa shape index (κ3) is 4.47. The second kappa shape index (κ2) is 7.55.